The van der Waals surface area contributed by atoms with Crippen molar-refractivity contribution < 1.29 is 18.0 Å². The van der Waals surface area contributed by atoms with E-state index in [-0.39, 0.29) is 29.6 Å². The van der Waals surface area contributed by atoms with E-state index in [4.69, 9.17) is 0 Å². The minimum absolute atomic E-state index is 0. The Morgan fingerprint density at radius 2 is 2.07 bits per heavy atom. The number of aromatic nitrogens is 3. The fourth-order valence-electron chi connectivity index (χ4n) is 3.56. The number of thioether (sulfide) groups is 1. The van der Waals surface area contributed by atoms with Gasteiger partial charge < -0.3 is 9.13 Å². The Bertz CT molecular complexity index is 1020. The summed E-state index contributed by atoms with van der Waals surface area (Å²) in [6.07, 6.45) is -0.975. The Labute approximate surface area is 164 Å². The van der Waals surface area contributed by atoms with Gasteiger partial charge in [-0.3, -0.25) is 4.79 Å². The van der Waals surface area contributed by atoms with Crippen LogP contribution < -0.4 is 0 Å². The Hall–Kier alpha value is -1.93. The van der Waals surface area contributed by atoms with E-state index in [0.29, 0.717) is 28.3 Å². The largest absolute Gasteiger partial charge is 0.418 e. The van der Waals surface area contributed by atoms with Crippen LogP contribution in [0, 0.1) is 12.8 Å². The lowest BCUT2D eigenvalue weighted by molar-refractivity contribution is -0.136. The summed E-state index contributed by atoms with van der Waals surface area (Å²) in [6, 6.07) is 4.04. The molecule has 1 unspecified atom stereocenters. The van der Waals surface area contributed by atoms with Gasteiger partial charge in [-0.25, -0.2) is 4.98 Å². The molecule has 0 fully saturated rings. The summed E-state index contributed by atoms with van der Waals surface area (Å²) in [5.41, 5.74) is -0.222. The maximum atomic E-state index is 13.4. The molecule has 0 aliphatic carbocycles. The van der Waals surface area contributed by atoms with E-state index < -0.39 is 11.7 Å². The zero-order chi connectivity index (χ0) is 18.6. The van der Waals surface area contributed by atoms with Crippen LogP contribution in [0.1, 0.15) is 21.7 Å². The van der Waals surface area contributed by atoms with E-state index >= 15 is 0 Å². The molecule has 0 N–H and O–H groups in total. The summed E-state index contributed by atoms with van der Waals surface area (Å²) >= 11 is 1.44. The van der Waals surface area contributed by atoms with Crippen molar-refractivity contribution in [2.45, 2.75) is 24.7 Å². The number of rotatable bonds is 2. The first-order valence-corrected chi connectivity index (χ1v) is 9.11. The number of para-hydroxylation sites is 1. The minimum atomic E-state index is -4.46. The maximum absolute atomic E-state index is 13.4. The highest BCUT2D eigenvalue weighted by Crippen LogP contribution is 2.43. The smallest absolute Gasteiger partial charge is 0.338 e. The van der Waals surface area contributed by atoms with Gasteiger partial charge in [-0.05, 0) is 13.0 Å². The zero-order valence-corrected chi connectivity index (χ0v) is 16.2. The number of halogens is 4. The molecule has 4 rings (SSSR count). The van der Waals surface area contributed by atoms with Crippen molar-refractivity contribution in [1.82, 2.24) is 14.1 Å². The van der Waals surface area contributed by atoms with Crippen LogP contribution in [0.25, 0.3) is 10.9 Å². The SMILES string of the molecule is Cc1nccn1CC1CSc2c(c3cccc(C(F)(F)F)c3n2C)C1=O.Cl. The second-order valence-corrected chi connectivity index (χ2v) is 7.45. The standard InChI is InChI=1S/C18H16F3N3OS.ClH/c1-10-22-6-7-24(10)8-11-9-26-17-14(16(11)25)12-4-3-5-13(18(19,20)21)15(12)23(17)2;/h3-7,11H,8-9H2,1-2H3;1H. The number of Topliss-reactive ketones (excluding diaryl/α,β-unsaturated/α-hetero) is 1. The van der Waals surface area contributed by atoms with Gasteiger partial charge in [0.05, 0.1) is 21.7 Å². The molecule has 4 nitrogen and oxygen atoms in total. The molecular weight excluding hydrogens is 399 g/mol. The van der Waals surface area contributed by atoms with Crippen molar-refractivity contribution in [1.29, 1.82) is 0 Å². The van der Waals surface area contributed by atoms with E-state index in [1.54, 1.807) is 19.3 Å². The summed E-state index contributed by atoms with van der Waals surface area (Å²) in [5.74, 6) is 0.956. The molecule has 0 bridgehead atoms. The molecule has 0 spiro atoms. The third kappa shape index (κ3) is 3.14. The second-order valence-electron chi connectivity index (χ2n) is 6.44. The number of hydrogen-bond donors (Lipinski definition) is 0. The van der Waals surface area contributed by atoms with Gasteiger partial charge in [-0.2, -0.15) is 13.2 Å². The van der Waals surface area contributed by atoms with Crippen LogP contribution in [0.3, 0.4) is 0 Å². The highest BCUT2D eigenvalue weighted by molar-refractivity contribution is 7.99. The average molecular weight is 416 g/mol. The fraction of sp³-hybridized carbons (Fsp3) is 0.333. The number of aryl methyl sites for hydroxylation is 2. The molecule has 9 heteroatoms. The third-order valence-corrected chi connectivity index (χ3v) is 6.16. The molecule has 2 aromatic heterocycles. The predicted molar refractivity (Wildman–Crippen MR) is 101 cm³/mol. The van der Waals surface area contributed by atoms with Gasteiger partial charge in [-0.15, -0.1) is 24.2 Å². The molecule has 0 amide bonds. The van der Waals surface area contributed by atoms with E-state index in [1.165, 1.54) is 22.4 Å². The van der Waals surface area contributed by atoms with Gasteiger partial charge in [-0.1, -0.05) is 12.1 Å². The fourth-order valence-corrected chi connectivity index (χ4v) is 4.81. The quantitative estimate of drug-likeness (QED) is 0.607. The lowest BCUT2D eigenvalue weighted by Gasteiger charge is -2.22. The monoisotopic (exact) mass is 415 g/mol. The summed E-state index contributed by atoms with van der Waals surface area (Å²) in [4.78, 5) is 17.3. The minimum Gasteiger partial charge on any atom is -0.338 e. The normalized spacial score (nSPS) is 17.1. The molecule has 1 aromatic carbocycles. The van der Waals surface area contributed by atoms with Crippen LogP contribution in [0.4, 0.5) is 13.2 Å². The van der Waals surface area contributed by atoms with E-state index in [0.717, 1.165) is 11.9 Å². The lowest BCUT2D eigenvalue weighted by atomic mass is 9.97. The first-order chi connectivity index (χ1) is 12.3. The number of carbonyl (C=O) groups excluding carboxylic acids is 1. The van der Waals surface area contributed by atoms with Crippen LogP contribution in [-0.2, 0) is 19.8 Å². The Kier molecular flexibility index (Phi) is 5.07. The molecule has 1 aliphatic rings. The van der Waals surface area contributed by atoms with Crippen molar-refractivity contribution in [2.75, 3.05) is 5.75 Å². The first kappa shape index (κ1) is 19.8. The summed E-state index contributed by atoms with van der Waals surface area (Å²) in [7, 11) is 1.59. The topological polar surface area (TPSA) is 39.8 Å². The number of nitrogens with zero attached hydrogens (tertiary/aromatic N) is 3. The van der Waals surface area contributed by atoms with Crippen molar-refractivity contribution in [2.24, 2.45) is 13.0 Å². The third-order valence-electron chi connectivity index (χ3n) is 4.84. The highest BCUT2D eigenvalue weighted by Gasteiger charge is 2.38. The molecule has 1 atom stereocenters. The van der Waals surface area contributed by atoms with Gasteiger partial charge in [0.15, 0.2) is 5.78 Å². The maximum Gasteiger partial charge on any atom is 0.418 e. The van der Waals surface area contributed by atoms with Crippen LogP contribution in [0.15, 0.2) is 35.6 Å². The van der Waals surface area contributed by atoms with Gasteiger partial charge in [0.25, 0.3) is 0 Å². The van der Waals surface area contributed by atoms with Gasteiger partial charge in [0.1, 0.15) is 5.82 Å². The zero-order valence-electron chi connectivity index (χ0n) is 14.6. The summed E-state index contributed by atoms with van der Waals surface area (Å²) < 4.78 is 43.7. The molecule has 1 aliphatic heterocycles. The molecule has 144 valence electrons. The average Bonchev–Trinajstić information content (AvgIpc) is 3.11. The van der Waals surface area contributed by atoms with Crippen molar-refractivity contribution in [3.05, 3.63) is 47.5 Å². The Morgan fingerprint density at radius 1 is 1.33 bits per heavy atom. The highest BCUT2D eigenvalue weighted by atomic mass is 35.5. The number of imidazole rings is 1. The van der Waals surface area contributed by atoms with E-state index in [9.17, 15) is 18.0 Å². The second kappa shape index (κ2) is 6.91. The Balaban J connectivity index is 0.00000210. The number of fused-ring (bicyclic) bond motifs is 3. The van der Waals surface area contributed by atoms with Crippen LogP contribution in [0.5, 0.6) is 0 Å². The molecule has 0 radical (unpaired) electrons. The Morgan fingerprint density at radius 3 is 2.70 bits per heavy atom. The molecule has 27 heavy (non-hydrogen) atoms. The molecular formula is C18H17ClF3N3OS. The lowest BCUT2D eigenvalue weighted by Crippen LogP contribution is -2.27. The van der Waals surface area contributed by atoms with E-state index in [1.807, 2.05) is 17.7 Å². The van der Waals surface area contributed by atoms with Gasteiger partial charge >= 0.3 is 6.18 Å². The van der Waals surface area contributed by atoms with Crippen molar-refractivity contribution in [3.63, 3.8) is 0 Å². The van der Waals surface area contributed by atoms with Crippen molar-refractivity contribution >= 4 is 40.9 Å². The van der Waals surface area contributed by atoms with Gasteiger partial charge in [0, 0.05) is 43.0 Å². The van der Waals surface area contributed by atoms with Gasteiger partial charge in [0.2, 0.25) is 0 Å². The van der Waals surface area contributed by atoms with Crippen LogP contribution >= 0.6 is 24.2 Å². The number of carbonyl (C=O) groups is 1. The molecule has 3 aromatic rings. The molecule has 0 saturated carbocycles. The molecule has 3 heterocycles. The summed E-state index contributed by atoms with van der Waals surface area (Å²) in [6.45, 7) is 2.34. The number of benzene rings is 1. The van der Waals surface area contributed by atoms with Crippen LogP contribution in [-0.4, -0.2) is 25.7 Å². The number of alkyl halides is 3. The predicted octanol–water partition coefficient (Wildman–Crippen LogP) is 4.73. The number of ketones is 1. The van der Waals surface area contributed by atoms with Crippen molar-refractivity contribution in [3.8, 4) is 0 Å². The first-order valence-electron chi connectivity index (χ1n) is 8.12. The van der Waals surface area contributed by atoms with Crippen LogP contribution in [0.2, 0.25) is 0 Å². The van der Waals surface area contributed by atoms with E-state index in [2.05, 4.69) is 4.98 Å². The summed E-state index contributed by atoms with van der Waals surface area (Å²) in [5, 5.41) is 0.988. The number of hydrogen-bond acceptors (Lipinski definition) is 3. The molecule has 0 saturated heterocycles.